The van der Waals surface area contributed by atoms with Crippen LogP contribution in [0.15, 0.2) is 66.9 Å². The number of hydrogen-bond acceptors (Lipinski definition) is 6. The molecular weight excluding hydrogens is 478 g/mol. The normalized spacial score (nSPS) is 11.6. The van der Waals surface area contributed by atoms with E-state index in [0.717, 1.165) is 43.7 Å². The molecule has 1 atom stereocenters. The van der Waals surface area contributed by atoms with E-state index in [0.29, 0.717) is 17.1 Å². The van der Waals surface area contributed by atoms with Crippen LogP contribution in [0.4, 0.5) is 27.5 Å². The lowest BCUT2D eigenvalue weighted by Gasteiger charge is -2.22. The molecule has 9 nitrogen and oxygen atoms in total. The lowest BCUT2D eigenvalue weighted by atomic mass is 10.0. The predicted octanol–water partition coefficient (Wildman–Crippen LogP) is 4.97. The SMILES string of the molecule is CCN(CC)CCCC(NC(=O)Nc1ccc(N(C)C)cc1)c1ccc(C(=O)Nc2ccccc2N)nc1. The fourth-order valence-electron chi connectivity index (χ4n) is 4.09. The Morgan fingerprint density at radius 2 is 1.66 bits per heavy atom. The molecule has 3 amide bonds. The molecule has 1 heterocycles. The van der Waals surface area contributed by atoms with E-state index < -0.39 is 0 Å². The number of urea groups is 1. The van der Waals surface area contributed by atoms with Crippen LogP contribution in [-0.4, -0.2) is 55.6 Å². The molecule has 38 heavy (non-hydrogen) atoms. The first kappa shape index (κ1) is 28.5. The van der Waals surface area contributed by atoms with E-state index >= 15 is 0 Å². The Labute approximate surface area is 225 Å². The van der Waals surface area contributed by atoms with E-state index in [1.54, 1.807) is 36.5 Å². The molecule has 2 aromatic carbocycles. The van der Waals surface area contributed by atoms with Crippen LogP contribution in [0, 0.1) is 0 Å². The minimum absolute atomic E-state index is 0.263. The largest absolute Gasteiger partial charge is 0.397 e. The van der Waals surface area contributed by atoms with Crippen LogP contribution in [0.25, 0.3) is 0 Å². The number of nitrogen functional groups attached to an aromatic ring is 1. The number of carbonyl (C=O) groups excluding carboxylic acids is 2. The third kappa shape index (κ3) is 8.21. The Morgan fingerprint density at radius 1 is 0.947 bits per heavy atom. The smallest absolute Gasteiger partial charge is 0.319 e. The summed E-state index contributed by atoms with van der Waals surface area (Å²) < 4.78 is 0. The quantitative estimate of drug-likeness (QED) is 0.252. The molecule has 0 fully saturated rings. The highest BCUT2D eigenvalue weighted by Gasteiger charge is 2.17. The van der Waals surface area contributed by atoms with Crippen molar-refractivity contribution in [1.29, 1.82) is 0 Å². The number of carbonyl (C=O) groups is 2. The third-order valence-electron chi connectivity index (χ3n) is 6.44. The number of hydrogen-bond donors (Lipinski definition) is 4. The molecule has 202 valence electrons. The monoisotopic (exact) mass is 517 g/mol. The third-order valence-corrected chi connectivity index (χ3v) is 6.44. The zero-order valence-electron chi connectivity index (χ0n) is 22.7. The lowest BCUT2D eigenvalue weighted by molar-refractivity contribution is 0.102. The minimum Gasteiger partial charge on any atom is -0.397 e. The molecule has 0 aliphatic carbocycles. The van der Waals surface area contributed by atoms with E-state index in [1.807, 2.05) is 49.3 Å². The zero-order chi connectivity index (χ0) is 27.5. The second-order valence-corrected chi connectivity index (χ2v) is 9.28. The number of para-hydroxylation sites is 2. The van der Waals surface area contributed by atoms with Crippen molar-refractivity contribution in [2.45, 2.75) is 32.7 Å². The highest BCUT2D eigenvalue weighted by molar-refractivity contribution is 6.04. The number of rotatable bonds is 12. The molecule has 1 aromatic heterocycles. The summed E-state index contributed by atoms with van der Waals surface area (Å²) in [5, 5.41) is 8.80. The van der Waals surface area contributed by atoms with Crippen LogP contribution >= 0.6 is 0 Å². The van der Waals surface area contributed by atoms with E-state index in [1.165, 1.54) is 0 Å². The van der Waals surface area contributed by atoms with Gasteiger partial charge in [0.25, 0.3) is 5.91 Å². The summed E-state index contributed by atoms with van der Waals surface area (Å²) in [5.74, 6) is -0.348. The Bertz CT molecular complexity index is 1180. The van der Waals surface area contributed by atoms with Crippen molar-refractivity contribution in [3.63, 3.8) is 0 Å². The predicted molar refractivity (Wildman–Crippen MR) is 156 cm³/mol. The first-order valence-electron chi connectivity index (χ1n) is 13.0. The summed E-state index contributed by atoms with van der Waals surface area (Å²) in [6.45, 7) is 7.19. The van der Waals surface area contributed by atoms with Crippen LogP contribution in [0.5, 0.6) is 0 Å². The van der Waals surface area contributed by atoms with Crippen molar-refractivity contribution in [1.82, 2.24) is 15.2 Å². The maximum Gasteiger partial charge on any atom is 0.319 e. The van der Waals surface area contributed by atoms with Gasteiger partial charge in [0.15, 0.2) is 0 Å². The Morgan fingerprint density at radius 3 is 2.26 bits per heavy atom. The highest BCUT2D eigenvalue weighted by atomic mass is 16.2. The topological polar surface area (TPSA) is 116 Å². The van der Waals surface area contributed by atoms with Crippen molar-refractivity contribution in [3.05, 3.63) is 78.1 Å². The molecule has 3 rings (SSSR count). The highest BCUT2D eigenvalue weighted by Crippen LogP contribution is 2.21. The number of nitrogens with zero attached hydrogens (tertiary/aromatic N) is 3. The molecule has 1 unspecified atom stereocenters. The van der Waals surface area contributed by atoms with Gasteiger partial charge in [0.05, 0.1) is 17.4 Å². The summed E-state index contributed by atoms with van der Waals surface area (Å²) >= 11 is 0. The number of aromatic nitrogens is 1. The first-order chi connectivity index (χ1) is 18.3. The molecule has 0 aliphatic heterocycles. The van der Waals surface area contributed by atoms with Crippen LogP contribution in [0.1, 0.15) is 48.8 Å². The number of nitrogens with two attached hydrogens (primary N) is 1. The van der Waals surface area contributed by atoms with Gasteiger partial charge in [-0.2, -0.15) is 0 Å². The summed E-state index contributed by atoms with van der Waals surface area (Å²) in [5.41, 5.74) is 9.81. The lowest BCUT2D eigenvalue weighted by Crippen LogP contribution is -2.33. The average Bonchev–Trinajstić information content (AvgIpc) is 2.92. The summed E-state index contributed by atoms with van der Waals surface area (Å²) in [6.07, 6.45) is 3.29. The van der Waals surface area contributed by atoms with E-state index in [9.17, 15) is 9.59 Å². The molecule has 3 aromatic rings. The van der Waals surface area contributed by atoms with Gasteiger partial charge in [0, 0.05) is 31.7 Å². The molecule has 0 aliphatic rings. The van der Waals surface area contributed by atoms with Crippen molar-refractivity contribution in [3.8, 4) is 0 Å². The fourth-order valence-corrected chi connectivity index (χ4v) is 4.09. The molecule has 0 saturated carbocycles. The van der Waals surface area contributed by atoms with Crippen molar-refractivity contribution >= 4 is 34.7 Å². The van der Waals surface area contributed by atoms with Crippen molar-refractivity contribution in [2.24, 2.45) is 0 Å². The molecule has 0 spiro atoms. The first-order valence-corrected chi connectivity index (χ1v) is 13.0. The van der Waals surface area contributed by atoms with Gasteiger partial charge in [-0.3, -0.25) is 9.78 Å². The van der Waals surface area contributed by atoms with Gasteiger partial charge in [-0.1, -0.05) is 32.0 Å². The summed E-state index contributed by atoms with van der Waals surface area (Å²) in [7, 11) is 3.94. The van der Waals surface area contributed by atoms with Gasteiger partial charge in [-0.05, 0) is 80.5 Å². The number of benzene rings is 2. The van der Waals surface area contributed by atoms with Gasteiger partial charge in [0.2, 0.25) is 0 Å². The van der Waals surface area contributed by atoms with E-state index in [-0.39, 0.29) is 23.7 Å². The number of anilines is 4. The Hall–Kier alpha value is -4.11. The van der Waals surface area contributed by atoms with Gasteiger partial charge < -0.3 is 31.5 Å². The molecule has 0 saturated heterocycles. The molecule has 5 N–H and O–H groups in total. The molecule has 9 heteroatoms. The van der Waals surface area contributed by atoms with Gasteiger partial charge in [-0.25, -0.2) is 4.79 Å². The van der Waals surface area contributed by atoms with Crippen LogP contribution < -0.4 is 26.6 Å². The average molecular weight is 518 g/mol. The minimum atomic E-state index is -0.348. The van der Waals surface area contributed by atoms with Gasteiger partial charge in [-0.15, -0.1) is 0 Å². The van der Waals surface area contributed by atoms with Crippen LogP contribution in [-0.2, 0) is 0 Å². The standard InChI is InChI=1S/C29H39N7O2/c1-5-36(6-2)19-9-12-25(34-29(38)32-22-14-16-23(17-15-22)35(3)4)21-13-18-27(31-20-21)28(37)33-26-11-8-7-10-24(26)30/h7-8,10-11,13-18,20,25H,5-6,9,12,19,30H2,1-4H3,(H,33,37)(H2,32,34,38). The Balaban J connectivity index is 1.70. The molecule has 0 bridgehead atoms. The van der Waals surface area contributed by atoms with Gasteiger partial charge >= 0.3 is 6.03 Å². The van der Waals surface area contributed by atoms with Crippen LogP contribution in [0.3, 0.4) is 0 Å². The second-order valence-electron chi connectivity index (χ2n) is 9.28. The number of pyridine rings is 1. The zero-order valence-corrected chi connectivity index (χ0v) is 22.7. The summed E-state index contributed by atoms with van der Waals surface area (Å²) in [6, 6.07) is 17.7. The van der Waals surface area contributed by atoms with E-state index in [4.69, 9.17) is 5.73 Å². The Kier molecular flexibility index (Phi) is 10.5. The fraction of sp³-hybridized carbons (Fsp3) is 0.345. The maximum atomic E-state index is 12.9. The maximum absolute atomic E-state index is 12.9. The van der Waals surface area contributed by atoms with E-state index in [2.05, 4.69) is 39.7 Å². The number of amides is 3. The molecule has 0 radical (unpaired) electrons. The van der Waals surface area contributed by atoms with Gasteiger partial charge in [0.1, 0.15) is 5.69 Å². The second kappa shape index (κ2) is 14.0. The summed E-state index contributed by atoms with van der Waals surface area (Å²) in [4.78, 5) is 34.3. The van der Waals surface area contributed by atoms with Crippen molar-refractivity contribution < 1.29 is 9.59 Å². The molecular formula is C29H39N7O2. The number of nitrogens with one attached hydrogen (secondary N) is 3. The van der Waals surface area contributed by atoms with Crippen molar-refractivity contribution in [2.75, 3.05) is 55.0 Å². The van der Waals surface area contributed by atoms with Crippen LogP contribution in [0.2, 0.25) is 0 Å².